The standard InChI is InChI=1S/C25H31N3O3S/c1-7-10-26-24-28(27-14-16-8-9-18-13-19(16)25(18,2)3)20(15-32-24)17-11-21(29-4)23(31-6)22(12-17)30-5/h7-8,11-12,14-15,18-19H,1,9-10,13H2,2-6H3. The molecule has 0 aliphatic heterocycles. The molecule has 1 aromatic carbocycles. The number of ether oxygens (including phenoxy) is 3. The maximum atomic E-state index is 5.55. The Labute approximate surface area is 193 Å². The monoisotopic (exact) mass is 453 g/mol. The lowest BCUT2D eigenvalue weighted by Crippen LogP contribution is -2.48. The van der Waals surface area contributed by atoms with E-state index < -0.39 is 0 Å². The number of rotatable bonds is 8. The molecule has 32 heavy (non-hydrogen) atoms. The van der Waals surface area contributed by atoms with Crippen LogP contribution in [0.3, 0.4) is 0 Å². The Balaban J connectivity index is 1.79. The third kappa shape index (κ3) is 3.79. The molecule has 2 aromatic rings. The number of fused-ring (bicyclic) bond motifs is 1. The largest absolute Gasteiger partial charge is 0.493 e. The van der Waals surface area contributed by atoms with Crippen molar-refractivity contribution in [3.05, 3.63) is 46.6 Å². The molecular weight excluding hydrogens is 422 g/mol. The highest BCUT2D eigenvalue weighted by molar-refractivity contribution is 7.07. The van der Waals surface area contributed by atoms with Crippen molar-refractivity contribution in [3.63, 3.8) is 0 Å². The van der Waals surface area contributed by atoms with E-state index in [1.165, 1.54) is 12.0 Å². The fourth-order valence-electron chi connectivity index (χ4n) is 4.76. The van der Waals surface area contributed by atoms with Crippen LogP contribution in [0.4, 0.5) is 0 Å². The van der Waals surface area contributed by atoms with Gasteiger partial charge in [-0.3, -0.25) is 4.99 Å². The third-order valence-electron chi connectivity index (χ3n) is 6.83. The van der Waals surface area contributed by atoms with Crippen molar-refractivity contribution in [1.82, 2.24) is 4.68 Å². The average molecular weight is 454 g/mol. The van der Waals surface area contributed by atoms with Crippen LogP contribution >= 0.6 is 11.3 Å². The van der Waals surface area contributed by atoms with Crippen LogP contribution in [0, 0.1) is 17.3 Å². The van der Waals surface area contributed by atoms with Gasteiger partial charge in [-0.2, -0.15) is 5.10 Å². The second-order valence-electron chi connectivity index (χ2n) is 8.75. The first-order valence-corrected chi connectivity index (χ1v) is 11.7. The van der Waals surface area contributed by atoms with E-state index in [0.29, 0.717) is 35.1 Å². The highest BCUT2D eigenvalue weighted by atomic mass is 32.1. The lowest BCUT2D eigenvalue weighted by molar-refractivity contribution is -0.00126. The highest BCUT2D eigenvalue weighted by Crippen LogP contribution is 2.58. The summed E-state index contributed by atoms with van der Waals surface area (Å²) in [5, 5.41) is 6.96. The van der Waals surface area contributed by atoms with Crippen LogP contribution in [0.25, 0.3) is 11.3 Å². The van der Waals surface area contributed by atoms with E-state index in [1.807, 2.05) is 23.0 Å². The van der Waals surface area contributed by atoms with E-state index in [9.17, 15) is 0 Å². The Bertz CT molecular complexity index is 1110. The van der Waals surface area contributed by atoms with E-state index in [2.05, 4.69) is 36.9 Å². The molecule has 2 bridgehead atoms. The highest BCUT2D eigenvalue weighted by Gasteiger charge is 2.50. The topological polar surface area (TPSA) is 57.3 Å². The Morgan fingerprint density at radius 2 is 1.91 bits per heavy atom. The normalized spacial score (nSPS) is 21.8. The van der Waals surface area contributed by atoms with Crippen molar-refractivity contribution in [2.24, 2.45) is 27.3 Å². The lowest BCUT2D eigenvalue weighted by atomic mass is 9.49. The van der Waals surface area contributed by atoms with E-state index in [1.54, 1.807) is 38.7 Å². The number of methoxy groups -OCH3 is 3. The second kappa shape index (κ2) is 8.98. The number of hydrogen-bond donors (Lipinski definition) is 0. The van der Waals surface area contributed by atoms with Crippen molar-refractivity contribution in [2.45, 2.75) is 26.7 Å². The summed E-state index contributed by atoms with van der Waals surface area (Å²) in [6.07, 6.45) is 8.54. The van der Waals surface area contributed by atoms with Gasteiger partial charge < -0.3 is 14.2 Å². The Hall–Kier alpha value is -2.80. The van der Waals surface area contributed by atoms with E-state index in [-0.39, 0.29) is 0 Å². The molecule has 1 aromatic heterocycles. The van der Waals surface area contributed by atoms with Crippen LogP contribution in [0.1, 0.15) is 26.7 Å². The zero-order valence-corrected chi connectivity index (χ0v) is 20.2. The van der Waals surface area contributed by atoms with Gasteiger partial charge in [0, 0.05) is 10.9 Å². The minimum atomic E-state index is 0.352. The van der Waals surface area contributed by atoms with E-state index >= 15 is 0 Å². The van der Waals surface area contributed by atoms with Gasteiger partial charge in [0.15, 0.2) is 11.5 Å². The minimum Gasteiger partial charge on any atom is -0.493 e. The zero-order chi connectivity index (χ0) is 22.9. The molecule has 0 N–H and O–H groups in total. The van der Waals surface area contributed by atoms with Crippen LogP contribution in [0.2, 0.25) is 0 Å². The molecule has 0 spiro atoms. The molecule has 2 atom stereocenters. The lowest BCUT2D eigenvalue weighted by Gasteiger charge is -2.55. The summed E-state index contributed by atoms with van der Waals surface area (Å²) in [6, 6.07) is 3.87. The summed E-state index contributed by atoms with van der Waals surface area (Å²) in [5.41, 5.74) is 3.50. The van der Waals surface area contributed by atoms with Gasteiger partial charge in [0.2, 0.25) is 10.6 Å². The van der Waals surface area contributed by atoms with E-state index in [4.69, 9.17) is 19.3 Å². The third-order valence-corrected chi connectivity index (χ3v) is 7.69. The molecule has 0 amide bonds. The first kappa shape index (κ1) is 22.4. The van der Waals surface area contributed by atoms with Gasteiger partial charge in [0.05, 0.1) is 39.8 Å². The first-order chi connectivity index (χ1) is 15.4. The van der Waals surface area contributed by atoms with Gasteiger partial charge >= 0.3 is 0 Å². The molecule has 5 rings (SSSR count). The predicted molar refractivity (Wildman–Crippen MR) is 130 cm³/mol. The molecule has 0 saturated heterocycles. The Morgan fingerprint density at radius 1 is 1.19 bits per heavy atom. The van der Waals surface area contributed by atoms with Crippen LogP contribution in [0.15, 0.2) is 51.9 Å². The maximum Gasteiger partial charge on any atom is 0.206 e. The summed E-state index contributed by atoms with van der Waals surface area (Å²) in [4.78, 5) is 5.47. The number of allylic oxidation sites excluding steroid dienone is 2. The number of thiazole rings is 1. The summed E-state index contributed by atoms with van der Waals surface area (Å²) < 4.78 is 18.5. The molecule has 1 fully saturated rings. The van der Waals surface area contributed by atoms with Gasteiger partial charge in [0.1, 0.15) is 0 Å². The van der Waals surface area contributed by atoms with Crippen molar-refractivity contribution in [2.75, 3.05) is 27.9 Å². The van der Waals surface area contributed by atoms with Crippen LogP contribution in [-0.2, 0) is 0 Å². The van der Waals surface area contributed by atoms with Crippen molar-refractivity contribution < 1.29 is 14.2 Å². The summed E-state index contributed by atoms with van der Waals surface area (Å²) in [7, 11) is 4.84. The van der Waals surface area contributed by atoms with Gasteiger partial charge in [-0.1, -0.05) is 26.0 Å². The fourth-order valence-corrected chi connectivity index (χ4v) is 5.61. The van der Waals surface area contributed by atoms with E-state index in [0.717, 1.165) is 28.4 Å². The molecular formula is C25H31N3O3S. The number of benzene rings is 1. The molecule has 3 aliphatic carbocycles. The first-order valence-electron chi connectivity index (χ1n) is 10.8. The molecule has 7 heteroatoms. The summed E-state index contributed by atoms with van der Waals surface area (Å²) in [5.74, 6) is 3.14. The Morgan fingerprint density at radius 3 is 2.47 bits per heavy atom. The number of hydrogen-bond acceptors (Lipinski definition) is 6. The molecule has 0 radical (unpaired) electrons. The molecule has 6 nitrogen and oxygen atoms in total. The summed E-state index contributed by atoms with van der Waals surface area (Å²) >= 11 is 1.55. The van der Waals surface area contributed by atoms with Gasteiger partial charge in [-0.05, 0) is 47.8 Å². The predicted octanol–water partition coefficient (Wildman–Crippen LogP) is 5.16. The Kier molecular flexibility index (Phi) is 6.29. The van der Waals surface area contributed by atoms with Gasteiger partial charge in [0.25, 0.3) is 0 Å². The van der Waals surface area contributed by atoms with Crippen LogP contribution < -0.4 is 19.0 Å². The van der Waals surface area contributed by atoms with Gasteiger partial charge in [-0.15, -0.1) is 17.9 Å². The molecule has 1 heterocycles. The smallest absolute Gasteiger partial charge is 0.206 e. The molecule has 1 saturated carbocycles. The van der Waals surface area contributed by atoms with Crippen LogP contribution in [-0.4, -0.2) is 38.8 Å². The second-order valence-corrected chi connectivity index (χ2v) is 9.59. The SMILES string of the molecule is C=CCN=c1scc(-c2cc(OC)c(OC)c(OC)c2)n1N=CC1=CCC2CC1C2(C)C. The number of nitrogens with zero attached hydrogens (tertiary/aromatic N) is 3. The molecule has 2 unspecified atom stereocenters. The van der Waals surface area contributed by atoms with Gasteiger partial charge in [-0.25, -0.2) is 4.68 Å². The quantitative estimate of drug-likeness (QED) is 0.410. The molecule has 3 aliphatic rings. The number of aromatic nitrogens is 1. The van der Waals surface area contributed by atoms with Crippen molar-refractivity contribution in [3.8, 4) is 28.5 Å². The zero-order valence-electron chi connectivity index (χ0n) is 19.4. The van der Waals surface area contributed by atoms with Crippen LogP contribution in [0.5, 0.6) is 17.2 Å². The average Bonchev–Trinajstić information content (AvgIpc) is 3.22. The summed E-state index contributed by atoms with van der Waals surface area (Å²) in [6.45, 7) is 9.07. The molecule has 170 valence electrons. The maximum absolute atomic E-state index is 5.55. The minimum absolute atomic E-state index is 0.352. The fraction of sp³-hybridized carbons (Fsp3) is 0.440. The van der Waals surface area contributed by atoms with Crippen molar-refractivity contribution >= 4 is 17.6 Å². The van der Waals surface area contributed by atoms with Crippen molar-refractivity contribution in [1.29, 1.82) is 0 Å².